The van der Waals surface area contributed by atoms with Crippen LogP contribution in [-0.2, 0) is 10.0 Å². The molecule has 9 heteroatoms. The number of benzene rings is 1. The van der Waals surface area contributed by atoms with Crippen LogP contribution < -0.4 is 15.4 Å². The van der Waals surface area contributed by atoms with E-state index in [0.29, 0.717) is 24.0 Å². The molecule has 0 atom stereocenters. The SMILES string of the molecule is Cc1ccc(/C=C/S(=O)(=O)NCCNc2cc(Nc3cc(C)ccn3)ncn2)cc1. The van der Waals surface area contributed by atoms with Crippen molar-refractivity contribution in [1.29, 1.82) is 0 Å². The van der Waals surface area contributed by atoms with Crippen molar-refractivity contribution in [2.24, 2.45) is 0 Å². The third-order valence-corrected chi connectivity index (χ3v) is 5.19. The zero-order valence-corrected chi connectivity index (χ0v) is 17.6. The fourth-order valence-electron chi connectivity index (χ4n) is 2.54. The summed E-state index contributed by atoms with van der Waals surface area (Å²) in [5.41, 5.74) is 3.04. The van der Waals surface area contributed by atoms with E-state index in [-0.39, 0.29) is 6.54 Å². The number of hydrogen-bond donors (Lipinski definition) is 3. The van der Waals surface area contributed by atoms with E-state index in [1.807, 2.05) is 50.2 Å². The van der Waals surface area contributed by atoms with E-state index in [0.717, 1.165) is 16.7 Å². The first-order valence-corrected chi connectivity index (χ1v) is 10.9. The lowest BCUT2D eigenvalue weighted by molar-refractivity contribution is 0.592. The van der Waals surface area contributed by atoms with E-state index in [1.54, 1.807) is 18.3 Å². The molecular weight excluding hydrogens is 400 g/mol. The second-order valence-electron chi connectivity index (χ2n) is 6.71. The number of pyridine rings is 1. The van der Waals surface area contributed by atoms with Gasteiger partial charge >= 0.3 is 0 Å². The first kappa shape index (κ1) is 21.4. The second-order valence-corrected chi connectivity index (χ2v) is 8.36. The van der Waals surface area contributed by atoms with Crippen molar-refractivity contribution in [3.05, 3.63) is 77.1 Å². The Labute approximate surface area is 176 Å². The largest absolute Gasteiger partial charge is 0.369 e. The fraction of sp³-hybridized carbons (Fsp3) is 0.190. The summed E-state index contributed by atoms with van der Waals surface area (Å²) in [6, 6.07) is 13.2. The molecule has 0 spiro atoms. The van der Waals surface area contributed by atoms with Crippen LogP contribution in [-0.4, -0.2) is 36.5 Å². The number of nitrogens with zero attached hydrogens (tertiary/aromatic N) is 3. The molecule has 0 unspecified atom stereocenters. The molecule has 3 rings (SSSR count). The minimum absolute atomic E-state index is 0.215. The molecule has 0 aliphatic rings. The molecule has 3 aromatic rings. The van der Waals surface area contributed by atoms with Gasteiger partial charge in [-0.15, -0.1) is 0 Å². The number of anilines is 3. The molecule has 0 amide bonds. The first-order valence-electron chi connectivity index (χ1n) is 9.40. The summed E-state index contributed by atoms with van der Waals surface area (Å²) in [6.07, 6.45) is 4.71. The van der Waals surface area contributed by atoms with Gasteiger partial charge < -0.3 is 10.6 Å². The molecule has 156 valence electrons. The average Bonchev–Trinajstić information content (AvgIpc) is 2.71. The van der Waals surface area contributed by atoms with Gasteiger partial charge in [-0.25, -0.2) is 28.1 Å². The normalized spacial score (nSPS) is 11.5. The third-order valence-electron chi connectivity index (χ3n) is 4.09. The molecule has 8 nitrogen and oxygen atoms in total. The van der Waals surface area contributed by atoms with Gasteiger partial charge in [-0.05, 0) is 43.2 Å². The Morgan fingerprint density at radius 1 is 0.867 bits per heavy atom. The second kappa shape index (κ2) is 9.95. The Hall–Kier alpha value is -3.30. The molecule has 2 aromatic heterocycles. The zero-order chi connectivity index (χ0) is 21.4. The van der Waals surface area contributed by atoms with E-state index < -0.39 is 10.0 Å². The maximum absolute atomic E-state index is 12.1. The maximum atomic E-state index is 12.1. The molecule has 2 heterocycles. The highest BCUT2D eigenvalue weighted by Gasteiger charge is 2.05. The minimum atomic E-state index is -3.52. The monoisotopic (exact) mass is 424 g/mol. The van der Waals surface area contributed by atoms with Crippen molar-refractivity contribution in [2.45, 2.75) is 13.8 Å². The van der Waals surface area contributed by atoms with Gasteiger partial charge in [-0.3, -0.25) is 0 Å². The Morgan fingerprint density at radius 3 is 2.37 bits per heavy atom. The summed E-state index contributed by atoms with van der Waals surface area (Å²) in [6.45, 7) is 4.55. The number of hydrogen-bond acceptors (Lipinski definition) is 7. The number of aryl methyl sites for hydroxylation is 2. The highest BCUT2D eigenvalue weighted by molar-refractivity contribution is 7.92. The van der Waals surface area contributed by atoms with Crippen molar-refractivity contribution in [3.8, 4) is 0 Å². The van der Waals surface area contributed by atoms with Crippen molar-refractivity contribution < 1.29 is 8.42 Å². The molecule has 0 saturated heterocycles. The Morgan fingerprint density at radius 2 is 1.60 bits per heavy atom. The molecule has 0 fully saturated rings. The third kappa shape index (κ3) is 6.94. The Bertz CT molecular complexity index is 1110. The molecule has 0 saturated carbocycles. The summed E-state index contributed by atoms with van der Waals surface area (Å²) in [5.74, 6) is 1.86. The lowest BCUT2D eigenvalue weighted by Crippen LogP contribution is -2.27. The molecule has 3 N–H and O–H groups in total. The van der Waals surface area contributed by atoms with E-state index in [1.165, 1.54) is 11.7 Å². The summed E-state index contributed by atoms with van der Waals surface area (Å²) in [7, 11) is -3.52. The van der Waals surface area contributed by atoms with Crippen LogP contribution in [0.1, 0.15) is 16.7 Å². The summed E-state index contributed by atoms with van der Waals surface area (Å²) < 4.78 is 26.7. The summed E-state index contributed by atoms with van der Waals surface area (Å²) in [5, 5.41) is 7.35. The van der Waals surface area contributed by atoms with Crippen molar-refractivity contribution in [1.82, 2.24) is 19.7 Å². The van der Waals surface area contributed by atoms with Crippen LogP contribution in [0.3, 0.4) is 0 Å². The van der Waals surface area contributed by atoms with Gasteiger partial charge in [0.2, 0.25) is 10.0 Å². The predicted octanol–water partition coefficient (Wildman–Crippen LogP) is 3.23. The highest BCUT2D eigenvalue weighted by Crippen LogP contribution is 2.15. The number of nitrogens with one attached hydrogen (secondary N) is 3. The molecule has 1 aromatic carbocycles. The van der Waals surface area contributed by atoms with Gasteiger partial charge in [-0.2, -0.15) is 0 Å². The topological polar surface area (TPSA) is 109 Å². The minimum Gasteiger partial charge on any atom is -0.369 e. The van der Waals surface area contributed by atoms with Gasteiger partial charge in [0.1, 0.15) is 23.8 Å². The van der Waals surface area contributed by atoms with Gasteiger partial charge in [0, 0.05) is 30.8 Å². The smallest absolute Gasteiger partial charge is 0.233 e. The van der Waals surface area contributed by atoms with Crippen molar-refractivity contribution in [2.75, 3.05) is 23.7 Å². The maximum Gasteiger partial charge on any atom is 0.233 e. The van der Waals surface area contributed by atoms with Gasteiger partial charge in [0.05, 0.1) is 0 Å². The predicted molar refractivity (Wildman–Crippen MR) is 120 cm³/mol. The Balaban J connectivity index is 1.48. The Kier molecular flexibility index (Phi) is 7.10. The number of aromatic nitrogens is 3. The van der Waals surface area contributed by atoms with Gasteiger partial charge in [-0.1, -0.05) is 29.8 Å². The van der Waals surface area contributed by atoms with Gasteiger partial charge in [0.25, 0.3) is 0 Å². The molecule has 0 bridgehead atoms. The lowest BCUT2D eigenvalue weighted by atomic mass is 10.2. The van der Waals surface area contributed by atoms with Crippen molar-refractivity contribution in [3.63, 3.8) is 0 Å². The van der Waals surface area contributed by atoms with Crippen molar-refractivity contribution >= 4 is 33.6 Å². The summed E-state index contributed by atoms with van der Waals surface area (Å²) >= 11 is 0. The van der Waals surface area contributed by atoms with Crippen LogP contribution in [0.4, 0.5) is 17.5 Å². The highest BCUT2D eigenvalue weighted by atomic mass is 32.2. The standard InChI is InChI=1S/C21H24N6O2S/c1-16-3-5-18(6-4-16)8-12-30(28,29)26-11-10-23-19-14-21(25-15-24-19)27-20-13-17(2)7-9-22-20/h3-9,12-15,26H,10-11H2,1-2H3,(H2,22,23,24,25,27)/b12-8+. The number of sulfonamides is 1. The molecule has 30 heavy (non-hydrogen) atoms. The molecule has 0 aliphatic heterocycles. The summed E-state index contributed by atoms with van der Waals surface area (Å²) in [4.78, 5) is 12.5. The van der Waals surface area contributed by atoms with E-state index in [4.69, 9.17) is 0 Å². The average molecular weight is 425 g/mol. The molecule has 0 aliphatic carbocycles. The molecular formula is C21H24N6O2S. The van der Waals surface area contributed by atoms with Crippen LogP contribution in [0.2, 0.25) is 0 Å². The first-order chi connectivity index (χ1) is 14.4. The number of rotatable bonds is 9. The van der Waals surface area contributed by atoms with Crippen LogP contribution in [0.5, 0.6) is 0 Å². The van der Waals surface area contributed by atoms with E-state index in [9.17, 15) is 8.42 Å². The van der Waals surface area contributed by atoms with Gasteiger partial charge in [0.15, 0.2) is 0 Å². The zero-order valence-electron chi connectivity index (χ0n) is 16.8. The van der Waals surface area contributed by atoms with Crippen LogP contribution in [0.25, 0.3) is 6.08 Å². The van der Waals surface area contributed by atoms with E-state index in [2.05, 4.69) is 30.3 Å². The fourth-order valence-corrected chi connectivity index (χ4v) is 3.35. The van der Waals surface area contributed by atoms with Crippen LogP contribution in [0.15, 0.2) is 60.4 Å². The lowest BCUT2D eigenvalue weighted by Gasteiger charge is -2.09. The van der Waals surface area contributed by atoms with E-state index >= 15 is 0 Å². The molecule has 0 radical (unpaired) electrons. The quantitative estimate of drug-likeness (QED) is 0.453. The van der Waals surface area contributed by atoms with Crippen LogP contribution >= 0.6 is 0 Å². The van der Waals surface area contributed by atoms with Crippen LogP contribution in [0, 0.1) is 13.8 Å².